The minimum atomic E-state index is -0.281. The molecule has 2 N–H and O–H groups in total. The Morgan fingerprint density at radius 1 is 1.00 bits per heavy atom. The molecule has 0 spiro atoms. The first-order valence-electron chi connectivity index (χ1n) is 9.22. The lowest BCUT2D eigenvalue weighted by Crippen LogP contribution is -2.45. The van der Waals surface area contributed by atoms with Crippen LogP contribution in [0.2, 0.25) is 0 Å². The Kier molecular flexibility index (Phi) is 7.36. The Balaban J connectivity index is 2.28. The van der Waals surface area contributed by atoms with Crippen LogP contribution in [-0.2, 0) is 4.79 Å². The van der Waals surface area contributed by atoms with E-state index in [0.717, 1.165) is 10.4 Å². The molecule has 27 heavy (non-hydrogen) atoms. The van der Waals surface area contributed by atoms with Gasteiger partial charge in [0.1, 0.15) is 5.70 Å². The normalized spacial score (nSPS) is 11.9. The molecule has 0 atom stereocenters. The Hall–Kier alpha value is -2.40. The van der Waals surface area contributed by atoms with E-state index in [4.69, 9.17) is 0 Å². The van der Waals surface area contributed by atoms with E-state index < -0.39 is 0 Å². The minimum Gasteiger partial charge on any atom is -0.348 e. The van der Waals surface area contributed by atoms with Crippen molar-refractivity contribution < 1.29 is 9.59 Å². The van der Waals surface area contributed by atoms with Gasteiger partial charge in [-0.1, -0.05) is 52.0 Å². The molecule has 1 aromatic carbocycles. The van der Waals surface area contributed by atoms with Crippen LogP contribution in [0, 0.1) is 18.8 Å². The number of aryl methyl sites for hydroxylation is 1. The van der Waals surface area contributed by atoms with E-state index in [1.54, 1.807) is 12.1 Å². The maximum Gasteiger partial charge on any atom is 0.268 e. The number of carbonyl (C=O) groups excluding carboxylic acids is 2. The number of amides is 2. The summed E-state index contributed by atoms with van der Waals surface area (Å²) in [6, 6.07) is 11.2. The van der Waals surface area contributed by atoms with Crippen molar-refractivity contribution in [3.63, 3.8) is 0 Å². The van der Waals surface area contributed by atoms with Crippen molar-refractivity contribution in [1.82, 2.24) is 10.6 Å². The third kappa shape index (κ3) is 5.79. The second kappa shape index (κ2) is 9.51. The summed E-state index contributed by atoms with van der Waals surface area (Å²) in [5.74, 6) is 0.0439. The van der Waals surface area contributed by atoms with Crippen LogP contribution < -0.4 is 10.6 Å². The van der Waals surface area contributed by atoms with Crippen molar-refractivity contribution in [3.05, 3.63) is 63.5 Å². The Morgan fingerprint density at radius 3 is 2.22 bits per heavy atom. The number of hydrogen-bond acceptors (Lipinski definition) is 3. The van der Waals surface area contributed by atoms with Gasteiger partial charge < -0.3 is 10.6 Å². The number of carbonyl (C=O) groups is 2. The van der Waals surface area contributed by atoms with Crippen LogP contribution in [0.15, 0.2) is 47.5 Å². The molecular weight excluding hydrogens is 356 g/mol. The van der Waals surface area contributed by atoms with Crippen molar-refractivity contribution in [1.29, 1.82) is 0 Å². The predicted molar refractivity (Wildman–Crippen MR) is 113 cm³/mol. The highest BCUT2D eigenvalue weighted by Crippen LogP contribution is 2.16. The van der Waals surface area contributed by atoms with E-state index >= 15 is 0 Å². The van der Waals surface area contributed by atoms with Crippen molar-refractivity contribution in [2.45, 2.75) is 40.7 Å². The first kappa shape index (κ1) is 20.9. The zero-order chi connectivity index (χ0) is 20.0. The molecule has 5 heteroatoms. The van der Waals surface area contributed by atoms with E-state index in [1.807, 2.05) is 42.6 Å². The van der Waals surface area contributed by atoms with Crippen molar-refractivity contribution >= 4 is 29.2 Å². The largest absolute Gasteiger partial charge is 0.348 e. The summed E-state index contributed by atoms with van der Waals surface area (Å²) in [5, 5.41) is 7.83. The number of nitrogens with one attached hydrogen (secondary N) is 2. The molecule has 0 fully saturated rings. The van der Waals surface area contributed by atoms with E-state index in [0.29, 0.717) is 17.4 Å². The molecule has 0 aliphatic carbocycles. The molecule has 2 rings (SSSR count). The Morgan fingerprint density at radius 2 is 1.67 bits per heavy atom. The van der Waals surface area contributed by atoms with Crippen molar-refractivity contribution in [3.8, 4) is 0 Å². The van der Waals surface area contributed by atoms with Crippen LogP contribution in [0.25, 0.3) is 6.08 Å². The molecule has 0 saturated heterocycles. The van der Waals surface area contributed by atoms with Gasteiger partial charge in [-0.15, -0.1) is 11.3 Å². The van der Waals surface area contributed by atoms with Crippen LogP contribution in [0.3, 0.4) is 0 Å². The second-order valence-electron chi connectivity index (χ2n) is 7.33. The molecule has 4 nitrogen and oxygen atoms in total. The number of thiophene rings is 1. The Bertz CT molecular complexity index is 799. The molecule has 1 heterocycles. The van der Waals surface area contributed by atoms with Gasteiger partial charge >= 0.3 is 0 Å². The zero-order valence-corrected chi connectivity index (χ0v) is 17.4. The molecule has 2 aromatic rings. The molecule has 0 unspecified atom stereocenters. The number of benzene rings is 1. The van der Waals surface area contributed by atoms with Crippen molar-refractivity contribution in [2.24, 2.45) is 11.8 Å². The molecule has 0 saturated carbocycles. The maximum absolute atomic E-state index is 13.0. The number of rotatable bonds is 7. The van der Waals surface area contributed by atoms with Crippen LogP contribution in [0.4, 0.5) is 0 Å². The fraction of sp³-hybridized carbons (Fsp3) is 0.364. The van der Waals surface area contributed by atoms with Gasteiger partial charge in [0.05, 0.1) is 0 Å². The van der Waals surface area contributed by atoms with Gasteiger partial charge in [-0.25, -0.2) is 0 Å². The van der Waals surface area contributed by atoms with E-state index in [9.17, 15) is 9.59 Å². The third-order valence-electron chi connectivity index (χ3n) is 4.45. The molecule has 0 radical (unpaired) electrons. The van der Waals surface area contributed by atoms with Gasteiger partial charge in [0.15, 0.2) is 0 Å². The summed E-state index contributed by atoms with van der Waals surface area (Å²) in [5.41, 5.74) is 1.69. The first-order chi connectivity index (χ1) is 12.8. The molecule has 1 aromatic heterocycles. The fourth-order valence-electron chi connectivity index (χ4n) is 3.02. The van der Waals surface area contributed by atoms with E-state index in [-0.39, 0.29) is 23.6 Å². The highest BCUT2D eigenvalue weighted by atomic mass is 32.1. The van der Waals surface area contributed by atoms with E-state index in [1.165, 1.54) is 11.3 Å². The molecule has 144 valence electrons. The maximum atomic E-state index is 13.0. The minimum absolute atomic E-state index is 0.0274. The zero-order valence-electron chi connectivity index (χ0n) is 16.6. The predicted octanol–water partition coefficient (Wildman–Crippen LogP) is 4.62. The standard InChI is InChI=1S/C22H28N2O2S/c1-14(2)20(15(3)4)24-22(26)19(13-17-10-8-12-27-17)23-21(25)18-11-7-6-9-16(18)5/h6-15,20H,1-5H3,(H,23,25)(H,24,26)/b19-13-. The molecule has 2 amide bonds. The van der Waals surface area contributed by atoms with Gasteiger partial charge in [0, 0.05) is 16.5 Å². The lowest BCUT2D eigenvalue weighted by Gasteiger charge is -2.26. The highest BCUT2D eigenvalue weighted by molar-refractivity contribution is 7.10. The molecular formula is C22H28N2O2S. The second-order valence-corrected chi connectivity index (χ2v) is 8.31. The SMILES string of the molecule is Cc1ccccc1C(=O)N/C(=C\c1cccs1)C(=O)NC(C(C)C)C(C)C. The van der Waals surface area contributed by atoms with Crippen LogP contribution >= 0.6 is 11.3 Å². The first-order valence-corrected chi connectivity index (χ1v) is 10.1. The Labute approximate surface area is 165 Å². The number of hydrogen-bond donors (Lipinski definition) is 2. The van der Waals surface area contributed by atoms with E-state index in [2.05, 4.69) is 38.3 Å². The fourth-order valence-corrected chi connectivity index (χ4v) is 3.68. The monoisotopic (exact) mass is 384 g/mol. The van der Waals surface area contributed by atoms with Crippen LogP contribution in [0.5, 0.6) is 0 Å². The molecule has 0 aliphatic heterocycles. The van der Waals surface area contributed by atoms with Crippen molar-refractivity contribution in [2.75, 3.05) is 0 Å². The van der Waals surface area contributed by atoms with Gasteiger partial charge in [0.25, 0.3) is 11.8 Å². The quantitative estimate of drug-likeness (QED) is 0.684. The van der Waals surface area contributed by atoms with Gasteiger partial charge in [0.2, 0.25) is 0 Å². The summed E-state index contributed by atoms with van der Waals surface area (Å²) in [7, 11) is 0. The van der Waals surface area contributed by atoms with Gasteiger partial charge in [-0.3, -0.25) is 9.59 Å². The smallest absolute Gasteiger partial charge is 0.268 e. The molecule has 0 aliphatic rings. The van der Waals surface area contributed by atoms with Gasteiger partial charge in [-0.05, 0) is 47.9 Å². The summed E-state index contributed by atoms with van der Waals surface area (Å²) < 4.78 is 0. The molecule has 0 bridgehead atoms. The third-order valence-corrected chi connectivity index (χ3v) is 5.27. The average Bonchev–Trinajstić information content (AvgIpc) is 3.11. The summed E-state index contributed by atoms with van der Waals surface area (Å²) >= 11 is 1.52. The van der Waals surface area contributed by atoms with Gasteiger partial charge in [-0.2, -0.15) is 0 Å². The van der Waals surface area contributed by atoms with Crippen LogP contribution in [-0.4, -0.2) is 17.9 Å². The summed E-state index contributed by atoms with van der Waals surface area (Å²) in [4.78, 5) is 26.6. The lowest BCUT2D eigenvalue weighted by atomic mass is 9.93. The lowest BCUT2D eigenvalue weighted by molar-refractivity contribution is -0.119. The van der Waals surface area contributed by atoms with Crippen LogP contribution in [0.1, 0.15) is 48.5 Å². The average molecular weight is 385 g/mol. The summed E-state index contributed by atoms with van der Waals surface area (Å²) in [6.45, 7) is 10.2. The topological polar surface area (TPSA) is 58.2 Å². The summed E-state index contributed by atoms with van der Waals surface area (Å²) in [6.07, 6.45) is 1.73. The highest BCUT2D eigenvalue weighted by Gasteiger charge is 2.23.